The monoisotopic (exact) mass is 873 g/mol. The normalized spacial score (nSPS) is 21.3. The summed E-state index contributed by atoms with van der Waals surface area (Å²) in [5.41, 5.74) is 16.1. The molecule has 5 aliphatic rings. The van der Waals surface area contributed by atoms with E-state index in [1.807, 2.05) is 12.1 Å². The van der Waals surface area contributed by atoms with Crippen LogP contribution in [0, 0.1) is 11.8 Å². The molecule has 0 spiro atoms. The Labute approximate surface area is 394 Å². The van der Waals surface area contributed by atoms with Crippen molar-refractivity contribution in [2.75, 3.05) is 22.2 Å². The summed E-state index contributed by atoms with van der Waals surface area (Å²) < 4.78 is 6.72. The first kappa shape index (κ1) is 41.9. The van der Waals surface area contributed by atoms with Crippen molar-refractivity contribution in [2.45, 2.75) is 44.7 Å². The first-order valence-corrected chi connectivity index (χ1v) is 23.7. The smallest absolute Gasteiger partial charge is 0.142 e. The number of hydrogen-bond donors (Lipinski definition) is 2. The minimum absolute atomic E-state index is 0.133. The molecule has 6 aromatic rings. The molecule has 0 amide bonds. The lowest BCUT2D eigenvalue weighted by atomic mass is 9.82. The summed E-state index contributed by atoms with van der Waals surface area (Å²) in [5.74, 6) is 1.83. The Morgan fingerprint density at radius 2 is 1.63 bits per heavy atom. The van der Waals surface area contributed by atoms with Crippen LogP contribution < -0.4 is 15.1 Å². The highest BCUT2D eigenvalue weighted by Gasteiger charge is 2.29. The zero-order chi connectivity index (χ0) is 45.4. The van der Waals surface area contributed by atoms with Gasteiger partial charge in [-0.3, -0.25) is 0 Å². The minimum atomic E-state index is 0.133. The third kappa shape index (κ3) is 8.16. The molecule has 11 rings (SSSR count). The molecule has 5 heteroatoms. The number of furan rings is 1. The van der Waals surface area contributed by atoms with Crippen molar-refractivity contribution < 1.29 is 9.52 Å². The zero-order valence-electron chi connectivity index (χ0n) is 38.1. The number of hydrogen-bond acceptors (Lipinski definition) is 5. The maximum atomic E-state index is 11.5. The fourth-order valence-electron chi connectivity index (χ4n) is 10.5. The first-order valence-electron chi connectivity index (χ1n) is 23.7. The molecule has 4 atom stereocenters. The minimum Gasteiger partial charge on any atom is -0.507 e. The van der Waals surface area contributed by atoms with Crippen LogP contribution in [0.25, 0.3) is 50.4 Å². The molecule has 1 aromatic heterocycles. The number of phenolic OH excluding ortho intramolecular Hbond substituents is 1. The Morgan fingerprint density at radius 1 is 0.776 bits per heavy atom. The SMILES string of the molecule is C=C1C2=C(C=CCC2)N(c2cccc(-c3cc(N(C)C4C=CC=CC4C4=CC(C)CC=C4)ccc3O)c2)/C=C\c2c1oc1ccc(C3=CC=CC(Nc4ccccc4-c4ccccc4)C3)cc21. The molecule has 0 saturated carbocycles. The van der Waals surface area contributed by atoms with Gasteiger partial charge < -0.3 is 24.6 Å². The Bertz CT molecular complexity index is 3200. The predicted molar refractivity (Wildman–Crippen MR) is 282 cm³/mol. The van der Waals surface area contributed by atoms with Crippen molar-refractivity contribution in [1.82, 2.24) is 0 Å². The van der Waals surface area contributed by atoms with Crippen LogP contribution in [0.2, 0.25) is 0 Å². The number of rotatable bonds is 9. The number of nitrogens with one attached hydrogen (secondary N) is 1. The predicted octanol–water partition coefficient (Wildman–Crippen LogP) is 15.5. The van der Waals surface area contributed by atoms with Gasteiger partial charge >= 0.3 is 0 Å². The number of aromatic hydroxyl groups is 1. The van der Waals surface area contributed by atoms with Gasteiger partial charge in [0.15, 0.2) is 0 Å². The van der Waals surface area contributed by atoms with Crippen molar-refractivity contribution >= 4 is 45.3 Å². The van der Waals surface area contributed by atoms with Crippen LogP contribution in [0.5, 0.6) is 5.75 Å². The summed E-state index contributed by atoms with van der Waals surface area (Å²) in [6.45, 7) is 6.99. The molecule has 0 radical (unpaired) electrons. The molecule has 0 bridgehead atoms. The molecule has 330 valence electrons. The van der Waals surface area contributed by atoms with E-state index in [4.69, 9.17) is 11.0 Å². The van der Waals surface area contributed by atoms with Crippen LogP contribution in [0.15, 0.2) is 222 Å². The Morgan fingerprint density at radius 3 is 2.52 bits per heavy atom. The summed E-state index contributed by atoms with van der Waals surface area (Å²) in [5, 5.41) is 16.4. The molecule has 67 heavy (non-hydrogen) atoms. The quantitative estimate of drug-likeness (QED) is 0.152. The van der Waals surface area contributed by atoms with E-state index in [9.17, 15) is 5.11 Å². The van der Waals surface area contributed by atoms with Gasteiger partial charge in [-0.25, -0.2) is 0 Å². The van der Waals surface area contributed by atoms with Crippen molar-refractivity contribution in [3.8, 4) is 28.0 Å². The fourth-order valence-corrected chi connectivity index (χ4v) is 10.5. The standard InChI is InChI=1S/C62H55N3O2/c1-41-16-13-20-46(36-41)53-26-9-11-28-58(53)64(3)49-31-32-60(66)55(40-49)47-21-15-23-50(38-47)65-35-34-54-56-39-45(30-33-61(56)67-62(54)42(2)51-24-8-12-29-59(51)65)44-19-14-22-48(37-44)63-57-27-10-7-25-52(57)43-17-5-4-6-18-43/h4-7,9-15,17-23,25-36,38-41,48,53,58,63,66H,2,8,16,24,37H2,1,3H3/b35-34-. The summed E-state index contributed by atoms with van der Waals surface area (Å²) >= 11 is 0. The average molecular weight is 874 g/mol. The van der Waals surface area contributed by atoms with Crippen molar-refractivity contribution in [3.63, 3.8) is 0 Å². The van der Waals surface area contributed by atoms with E-state index in [-0.39, 0.29) is 23.8 Å². The number of likely N-dealkylation sites (N-methyl/N-ethyl adjacent to an activating group) is 1. The van der Waals surface area contributed by atoms with E-state index in [0.29, 0.717) is 5.92 Å². The maximum Gasteiger partial charge on any atom is 0.142 e. The summed E-state index contributed by atoms with van der Waals surface area (Å²) in [6.07, 6.45) is 35.1. The summed E-state index contributed by atoms with van der Waals surface area (Å²) in [7, 11) is 2.16. The highest BCUT2D eigenvalue weighted by molar-refractivity contribution is 5.98. The van der Waals surface area contributed by atoms with E-state index in [1.165, 1.54) is 27.8 Å². The molecule has 5 aromatic carbocycles. The number of anilines is 3. The second-order valence-electron chi connectivity index (χ2n) is 18.4. The van der Waals surface area contributed by atoms with Gasteiger partial charge in [0.05, 0.1) is 6.04 Å². The van der Waals surface area contributed by atoms with Crippen LogP contribution in [-0.4, -0.2) is 24.2 Å². The third-order valence-electron chi connectivity index (χ3n) is 14.0. The van der Waals surface area contributed by atoms with Crippen LogP contribution in [0.1, 0.15) is 49.5 Å². The topological polar surface area (TPSA) is 51.9 Å². The largest absolute Gasteiger partial charge is 0.507 e. The Kier molecular flexibility index (Phi) is 11.2. The van der Waals surface area contributed by atoms with E-state index in [2.05, 4.69) is 217 Å². The molecule has 2 heterocycles. The lowest BCUT2D eigenvalue weighted by Crippen LogP contribution is -2.37. The number of benzene rings is 5. The zero-order valence-corrected chi connectivity index (χ0v) is 38.1. The van der Waals surface area contributed by atoms with Gasteiger partial charge in [-0.15, -0.1) is 0 Å². The fraction of sp³-hybridized carbons (Fsp3) is 0.161. The highest BCUT2D eigenvalue weighted by Crippen LogP contribution is 2.44. The van der Waals surface area contributed by atoms with Crippen LogP contribution >= 0.6 is 0 Å². The van der Waals surface area contributed by atoms with Gasteiger partial charge in [0, 0.05) is 75.6 Å². The maximum absolute atomic E-state index is 11.5. The number of fused-ring (bicyclic) bond motifs is 3. The Hall–Kier alpha value is -7.76. The second-order valence-corrected chi connectivity index (χ2v) is 18.4. The van der Waals surface area contributed by atoms with Gasteiger partial charge in [-0.05, 0) is 126 Å². The summed E-state index contributed by atoms with van der Waals surface area (Å²) in [6, 6.07) is 40.5. The number of allylic oxidation sites excluding steroid dienone is 11. The molecular weight excluding hydrogens is 819 g/mol. The van der Waals surface area contributed by atoms with Crippen LogP contribution in [0.3, 0.4) is 0 Å². The molecule has 2 N–H and O–H groups in total. The molecular formula is C62H55N3O2. The highest BCUT2D eigenvalue weighted by atomic mass is 16.3. The van der Waals surface area contributed by atoms with Gasteiger partial charge in [0.2, 0.25) is 0 Å². The molecule has 4 unspecified atom stereocenters. The van der Waals surface area contributed by atoms with Gasteiger partial charge in [0.25, 0.3) is 0 Å². The third-order valence-corrected chi connectivity index (χ3v) is 14.0. The molecule has 5 nitrogen and oxygen atoms in total. The second kappa shape index (κ2) is 17.9. The molecule has 1 aliphatic heterocycles. The van der Waals surface area contributed by atoms with E-state index in [0.717, 1.165) is 93.0 Å². The molecule has 0 saturated heterocycles. The van der Waals surface area contributed by atoms with Crippen molar-refractivity contribution in [3.05, 3.63) is 235 Å². The van der Waals surface area contributed by atoms with Gasteiger partial charge in [-0.2, -0.15) is 0 Å². The van der Waals surface area contributed by atoms with E-state index < -0.39 is 0 Å². The van der Waals surface area contributed by atoms with Crippen molar-refractivity contribution in [1.29, 1.82) is 0 Å². The van der Waals surface area contributed by atoms with Gasteiger partial charge in [0.1, 0.15) is 17.1 Å². The van der Waals surface area contributed by atoms with Crippen molar-refractivity contribution in [2.24, 2.45) is 11.8 Å². The van der Waals surface area contributed by atoms with E-state index >= 15 is 0 Å². The lowest BCUT2D eigenvalue weighted by molar-refractivity contribution is 0.477. The van der Waals surface area contributed by atoms with Crippen LogP contribution in [0.4, 0.5) is 17.1 Å². The molecule has 0 fully saturated rings. The average Bonchev–Trinajstić information content (AvgIpc) is 3.74. The van der Waals surface area contributed by atoms with E-state index in [1.54, 1.807) is 0 Å². The lowest BCUT2D eigenvalue weighted by Gasteiger charge is -2.36. The molecule has 4 aliphatic carbocycles. The number of para-hydroxylation sites is 1. The van der Waals surface area contributed by atoms with Crippen LogP contribution in [-0.2, 0) is 0 Å². The summed E-state index contributed by atoms with van der Waals surface area (Å²) in [4.78, 5) is 4.61. The number of nitrogens with zero attached hydrogens (tertiary/aromatic N) is 2. The first-order chi connectivity index (χ1) is 32.9. The van der Waals surface area contributed by atoms with Gasteiger partial charge in [-0.1, -0.05) is 147 Å². The Balaban J connectivity index is 0.899. The number of phenols is 1.